The number of carboxylic acid groups (broad SMARTS) is 1. The molecule has 0 bridgehead atoms. The quantitative estimate of drug-likeness (QED) is 0.152. The molecule has 2 aromatic heterocycles. The Morgan fingerprint density at radius 1 is 1.36 bits per heavy atom. The zero-order chi connectivity index (χ0) is 25.2. The number of nitrogens with two attached hydrogens (primary N) is 1. The number of pyridine rings is 1. The summed E-state index contributed by atoms with van der Waals surface area (Å²) in [5.41, 5.74) is 7.23. The highest BCUT2D eigenvalue weighted by Gasteiger charge is 2.50. The number of anilines is 1. The number of thioether (sulfide) groups is 1. The van der Waals surface area contributed by atoms with Crippen LogP contribution in [0.2, 0.25) is 0 Å². The molecule has 2 aromatic rings. The molecule has 4 N–H and O–H groups in total. The molecule has 3 aliphatic rings. The molecule has 0 saturated carbocycles. The third kappa shape index (κ3) is 4.97. The first-order valence-corrected chi connectivity index (χ1v) is 13.1. The maximum absolute atomic E-state index is 13.1. The fourth-order valence-corrected chi connectivity index (χ4v) is 5.81. The van der Waals surface area contributed by atoms with Crippen LogP contribution in [-0.4, -0.2) is 61.8 Å². The summed E-state index contributed by atoms with van der Waals surface area (Å²) in [6.45, 7) is 0.523. The lowest BCUT2D eigenvalue weighted by molar-refractivity contribution is -0.689. The first-order chi connectivity index (χ1) is 17.4. The van der Waals surface area contributed by atoms with E-state index in [0.717, 1.165) is 18.4 Å². The second kappa shape index (κ2) is 10.1. The number of hydrogen-bond acceptors (Lipinski definition) is 9. The van der Waals surface area contributed by atoms with Gasteiger partial charge in [-0.05, 0) is 18.9 Å². The van der Waals surface area contributed by atoms with E-state index in [2.05, 4.69) is 15.5 Å². The normalized spacial score (nSPS) is 23.1. The van der Waals surface area contributed by atoms with Gasteiger partial charge in [0, 0.05) is 35.0 Å². The van der Waals surface area contributed by atoms with Crippen molar-refractivity contribution in [1.82, 2.24) is 15.2 Å². The number of carbonyl (C=O) groups excluding carboxylic acids is 2. The van der Waals surface area contributed by atoms with Crippen molar-refractivity contribution in [1.29, 1.82) is 0 Å². The summed E-state index contributed by atoms with van der Waals surface area (Å²) in [5, 5.41) is 17.6. The Morgan fingerprint density at radius 2 is 2.17 bits per heavy atom. The molecular formula is C23H23N6O5S2+. The van der Waals surface area contributed by atoms with Gasteiger partial charge in [0.1, 0.15) is 23.2 Å². The highest BCUT2D eigenvalue weighted by Crippen LogP contribution is 2.36. The number of carbonyl (C=O) groups is 3. The lowest BCUT2D eigenvalue weighted by Crippen LogP contribution is -2.69. The Bertz CT molecular complexity index is 1290. The molecule has 13 heteroatoms. The molecule has 3 atom stereocenters. The molecule has 1 saturated heterocycles. The zero-order valence-electron chi connectivity index (χ0n) is 18.9. The van der Waals surface area contributed by atoms with Gasteiger partial charge in [-0.25, -0.2) is 14.3 Å². The molecular weight excluding hydrogens is 504 g/mol. The minimum atomic E-state index is -0.981. The topological polar surface area (TPSA) is 151 Å². The van der Waals surface area contributed by atoms with Crippen molar-refractivity contribution in [3.8, 4) is 0 Å². The van der Waals surface area contributed by atoms with Crippen LogP contribution in [-0.2, 0) is 21.0 Å². The number of rotatable bonds is 8. The van der Waals surface area contributed by atoms with Gasteiger partial charge in [0.2, 0.25) is 0 Å². The van der Waals surface area contributed by atoms with Crippen LogP contribution in [0.3, 0.4) is 0 Å². The molecule has 36 heavy (non-hydrogen) atoms. The second-order valence-electron chi connectivity index (χ2n) is 8.41. The number of carboxylic acids is 1. The van der Waals surface area contributed by atoms with Crippen molar-refractivity contribution in [2.45, 2.75) is 36.9 Å². The van der Waals surface area contributed by atoms with Crippen molar-refractivity contribution in [3.63, 3.8) is 0 Å². The van der Waals surface area contributed by atoms with E-state index in [4.69, 9.17) is 15.7 Å². The Balaban J connectivity index is 1.24. The molecule has 1 aliphatic carbocycles. The molecule has 2 unspecified atom stereocenters. The van der Waals surface area contributed by atoms with Crippen LogP contribution in [0.25, 0.3) is 0 Å². The van der Waals surface area contributed by atoms with Gasteiger partial charge in [-0.1, -0.05) is 11.2 Å². The SMILES string of the molecule is Nc1nc(C(=NOC2C=CCC2)C(=O)NC2C(=O)N3C=C(C[n+]4ccc(C(=O)O)cc4)CS[C@@H]23)cs1. The van der Waals surface area contributed by atoms with E-state index in [0.29, 0.717) is 23.1 Å². The largest absolute Gasteiger partial charge is 0.478 e. The van der Waals surface area contributed by atoms with Crippen LogP contribution in [0.15, 0.2) is 59.0 Å². The summed E-state index contributed by atoms with van der Waals surface area (Å²) >= 11 is 2.74. The van der Waals surface area contributed by atoms with Crippen LogP contribution >= 0.6 is 23.1 Å². The molecule has 1 fully saturated rings. The Labute approximate surface area is 214 Å². The summed E-state index contributed by atoms with van der Waals surface area (Å²) in [7, 11) is 0. The number of nitrogen functional groups attached to an aromatic ring is 1. The first kappa shape index (κ1) is 24.0. The number of hydrogen-bond donors (Lipinski definition) is 3. The van der Waals surface area contributed by atoms with E-state index in [1.54, 1.807) is 40.6 Å². The summed E-state index contributed by atoms with van der Waals surface area (Å²) in [5.74, 6) is -1.09. The summed E-state index contributed by atoms with van der Waals surface area (Å²) in [6, 6.07) is 2.36. The predicted octanol–water partition coefficient (Wildman–Crippen LogP) is 1.13. The molecule has 11 nitrogen and oxygen atoms in total. The van der Waals surface area contributed by atoms with Crippen LogP contribution in [0, 0.1) is 0 Å². The fraction of sp³-hybridized carbons (Fsp3) is 0.304. The summed E-state index contributed by atoms with van der Waals surface area (Å²) < 4.78 is 1.85. The van der Waals surface area contributed by atoms with Crippen LogP contribution in [0.5, 0.6) is 0 Å². The molecule has 0 spiro atoms. The lowest BCUT2D eigenvalue weighted by Gasteiger charge is -2.47. The number of oxime groups is 1. The minimum Gasteiger partial charge on any atom is -0.478 e. The molecule has 2 amide bonds. The number of amides is 2. The molecule has 5 rings (SSSR count). The van der Waals surface area contributed by atoms with E-state index < -0.39 is 17.9 Å². The number of nitrogens with zero attached hydrogens (tertiary/aromatic N) is 4. The fourth-order valence-electron chi connectivity index (χ4n) is 4.01. The van der Waals surface area contributed by atoms with E-state index >= 15 is 0 Å². The van der Waals surface area contributed by atoms with Gasteiger partial charge in [-0.2, -0.15) is 0 Å². The van der Waals surface area contributed by atoms with E-state index in [1.807, 2.05) is 16.7 Å². The number of aromatic carboxylic acids is 1. The first-order valence-electron chi connectivity index (χ1n) is 11.2. The number of aromatic nitrogens is 2. The third-order valence-corrected chi connectivity index (χ3v) is 7.93. The predicted molar refractivity (Wildman–Crippen MR) is 133 cm³/mol. The maximum atomic E-state index is 13.1. The number of thiazole rings is 1. The van der Waals surface area contributed by atoms with Crippen molar-refractivity contribution >= 4 is 51.7 Å². The van der Waals surface area contributed by atoms with Crippen molar-refractivity contribution in [2.75, 3.05) is 11.5 Å². The third-order valence-electron chi connectivity index (χ3n) is 5.88. The van der Waals surface area contributed by atoms with Crippen LogP contribution in [0.1, 0.15) is 28.9 Å². The monoisotopic (exact) mass is 527 g/mol. The second-order valence-corrected chi connectivity index (χ2v) is 10.4. The Kier molecular flexibility index (Phi) is 6.74. The van der Waals surface area contributed by atoms with Gasteiger partial charge in [0.05, 0.1) is 5.56 Å². The van der Waals surface area contributed by atoms with Crippen LogP contribution < -0.4 is 15.6 Å². The van der Waals surface area contributed by atoms with E-state index in [1.165, 1.54) is 23.5 Å². The molecule has 186 valence electrons. The average molecular weight is 528 g/mol. The van der Waals surface area contributed by atoms with E-state index in [-0.39, 0.29) is 28.7 Å². The minimum absolute atomic E-state index is 0.0206. The Morgan fingerprint density at radius 3 is 2.83 bits per heavy atom. The van der Waals surface area contributed by atoms with Gasteiger partial charge in [0.15, 0.2) is 29.8 Å². The maximum Gasteiger partial charge on any atom is 0.336 e. The van der Waals surface area contributed by atoms with Gasteiger partial charge in [-0.3, -0.25) is 9.59 Å². The highest BCUT2D eigenvalue weighted by molar-refractivity contribution is 8.00. The van der Waals surface area contributed by atoms with Crippen molar-refractivity contribution < 1.29 is 28.9 Å². The molecule has 0 aromatic carbocycles. The summed E-state index contributed by atoms with van der Waals surface area (Å²) in [4.78, 5) is 48.3. The van der Waals surface area contributed by atoms with Gasteiger partial charge in [0.25, 0.3) is 11.8 Å². The number of allylic oxidation sites excluding steroid dienone is 1. The molecule has 2 aliphatic heterocycles. The molecule has 0 radical (unpaired) electrons. The van der Waals surface area contributed by atoms with Gasteiger partial charge in [-0.15, -0.1) is 23.1 Å². The molecule has 4 heterocycles. The highest BCUT2D eigenvalue weighted by atomic mass is 32.2. The smallest absolute Gasteiger partial charge is 0.336 e. The van der Waals surface area contributed by atoms with Crippen molar-refractivity contribution in [2.24, 2.45) is 5.16 Å². The zero-order valence-corrected chi connectivity index (χ0v) is 20.6. The van der Waals surface area contributed by atoms with E-state index in [9.17, 15) is 14.4 Å². The Hall–Kier alpha value is -3.71. The van der Waals surface area contributed by atoms with Crippen LogP contribution in [0.4, 0.5) is 5.13 Å². The number of β-lactam (4-membered cyclic amide) rings is 1. The van der Waals surface area contributed by atoms with Crippen molar-refractivity contribution in [3.05, 3.63) is 65.1 Å². The van der Waals surface area contributed by atoms with Gasteiger partial charge < -0.3 is 25.9 Å². The summed E-state index contributed by atoms with van der Waals surface area (Å²) in [6.07, 6.45) is 10.5. The number of nitrogens with one attached hydrogen (secondary N) is 1. The standard InChI is InChI=1S/C23H22N6O5S2/c24-23-25-16(12-36-23)17(27-34-15-3-1-2-4-15)19(30)26-18-20(31)29-10-13(11-35-21(18)29)9-28-7-5-14(6-8-28)22(32)33/h1,3,5-8,10,12,15,18,21H,2,4,9,11H2,(H3-,24,25,26,30,32,33)/p+1/t15?,18?,21-/m0/s1. The number of fused-ring (bicyclic) bond motifs is 1. The lowest BCUT2D eigenvalue weighted by atomic mass is 10.1. The van der Waals surface area contributed by atoms with Gasteiger partial charge >= 0.3 is 5.97 Å². The average Bonchev–Trinajstić information content (AvgIpc) is 3.55.